The predicted molar refractivity (Wildman–Crippen MR) is 116 cm³/mol. The Morgan fingerprint density at radius 3 is 2.55 bits per heavy atom. The molecule has 0 saturated heterocycles. The van der Waals surface area contributed by atoms with Crippen LogP contribution in [0, 0.1) is 6.92 Å². The average molecular weight is 478 g/mol. The number of benzene rings is 2. The van der Waals surface area contributed by atoms with Gasteiger partial charge in [-0.1, -0.05) is 18.2 Å². The van der Waals surface area contributed by atoms with Crippen LogP contribution in [0.1, 0.15) is 34.7 Å². The highest BCUT2D eigenvalue weighted by Gasteiger charge is 2.33. The number of methoxy groups -OCH3 is 1. The molecule has 0 spiro atoms. The molecule has 1 aliphatic heterocycles. The molecule has 1 atom stereocenters. The summed E-state index contributed by atoms with van der Waals surface area (Å²) in [6.07, 6.45) is -3.98. The zero-order chi connectivity index (χ0) is 23.8. The van der Waals surface area contributed by atoms with Crippen LogP contribution in [-0.4, -0.2) is 27.1 Å². The number of aryl methyl sites for hydroxylation is 1. The lowest BCUT2D eigenvalue weighted by molar-refractivity contribution is -0.137. The molecule has 3 aromatic rings. The highest BCUT2D eigenvalue weighted by Crippen LogP contribution is 2.44. The molecule has 2 heterocycles. The summed E-state index contributed by atoms with van der Waals surface area (Å²) >= 11 is 0. The van der Waals surface area contributed by atoms with E-state index in [1.165, 1.54) is 25.3 Å². The molecule has 1 aliphatic rings. The van der Waals surface area contributed by atoms with Gasteiger partial charge < -0.3 is 9.47 Å². The Labute approximate surface area is 189 Å². The molecular formula is C23H21F3N2O4S. The van der Waals surface area contributed by atoms with Crippen molar-refractivity contribution in [3.63, 3.8) is 0 Å². The van der Waals surface area contributed by atoms with Crippen molar-refractivity contribution < 1.29 is 31.1 Å². The van der Waals surface area contributed by atoms with E-state index in [9.17, 15) is 21.6 Å². The molecule has 2 aromatic carbocycles. The fraction of sp³-hybridized carbons (Fsp3) is 0.261. The summed E-state index contributed by atoms with van der Waals surface area (Å²) in [5.41, 5.74) is 1.12. The standard InChI is InChI=1S/C23H21F3N2O4S/c1-14-4-3-5-22(27-14)28-33(29,30)16-7-9-19-17(10-11-32-21(19)13-16)18-8-6-15(23(24,25)26)12-20(18)31-2/h3-9,12-13,17H,10-11H2,1-2H3,(H,27,28). The summed E-state index contributed by atoms with van der Waals surface area (Å²) in [6.45, 7) is 2.03. The highest BCUT2D eigenvalue weighted by molar-refractivity contribution is 7.92. The maximum Gasteiger partial charge on any atom is 0.416 e. The first-order valence-corrected chi connectivity index (χ1v) is 11.5. The molecule has 6 nitrogen and oxygen atoms in total. The monoisotopic (exact) mass is 478 g/mol. The number of hydrogen-bond donors (Lipinski definition) is 1. The summed E-state index contributed by atoms with van der Waals surface area (Å²) in [7, 11) is -2.60. The van der Waals surface area contributed by atoms with Gasteiger partial charge in [0.25, 0.3) is 10.0 Å². The van der Waals surface area contributed by atoms with Crippen LogP contribution in [0.3, 0.4) is 0 Å². The molecule has 4 rings (SSSR count). The van der Waals surface area contributed by atoms with E-state index in [0.29, 0.717) is 29.0 Å². The minimum Gasteiger partial charge on any atom is -0.496 e. The van der Waals surface area contributed by atoms with Crippen LogP contribution in [0.2, 0.25) is 0 Å². The summed E-state index contributed by atoms with van der Waals surface area (Å²) in [4.78, 5) is 4.14. The Bertz CT molecular complexity index is 1290. The smallest absolute Gasteiger partial charge is 0.416 e. The molecule has 10 heteroatoms. The molecule has 1 aromatic heterocycles. The number of anilines is 1. The highest BCUT2D eigenvalue weighted by atomic mass is 32.2. The zero-order valence-corrected chi connectivity index (χ0v) is 18.6. The number of nitrogens with one attached hydrogen (secondary N) is 1. The van der Waals surface area contributed by atoms with E-state index >= 15 is 0 Å². The predicted octanol–water partition coefficient (Wildman–Crippen LogP) is 5.13. The molecule has 0 saturated carbocycles. The maximum atomic E-state index is 13.1. The van der Waals surface area contributed by atoms with Crippen LogP contribution in [0.25, 0.3) is 0 Å². The quantitative estimate of drug-likeness (QED) is 0.550. The number of alkyl halides is 3. The van der Waals surface area contributed by atoms with E-state index in [1.807, 2.05) is 0 Å². The third-order valence-electron chi connectivity index (χ3n) is 5.40. The summed E-state index contributed by atoms with van der Waals surface area (Å²) in [6, 6.07) is 12.9. The normalized spacial score (nSPS) is 16.0. The number of fused-ring (bicyclic) bond motifs is 1. The van der Waals surface area contributed by atoms with Crippen LogP contribution in [0.15, 0.2) is 59.5 Å². The van der Waals surface area contributed by atoms with Crippen molar-refractivity contribution in [1.82, 2.24) is 4.98 Å². The van der Waals surface area contributed by atoms with E-state index in [4.69, 9.17) is 9.47 Å². The van der Waals surface area contributed by atoms with Gasteiger partial charge in [-0.2, -0.15) is 13.2 Å². The van der Waals surface area contributed by atoms with Gasteiger partial charge in [-0.05, 0) is 43.7 Å². The second-order valence-electron chi connectivity index (χ2n) is 7.61. The number of hydrogen-bond acceptors (Lipinski definition) is 5. The fourth-order valence-electron chi connectivity index (χ4n) is 3.83. The third kappa shape index (κ3) is 4.75. The maximum absolute atomic E-state index is 13.1. The van der Waals surface area contributed by atoms with Crippen molar-refractivity contribution in [1.29, 1.82) is 0 Å². The van der Waals surface area contributed by atoms with Gasteiger partial charge >= 0.3 is 6.18 Å². The van der Waals surface area contributed by atoms with Gasteiger partial charge in [-0.3, -0.25) is 4.72 Å². The molecule has 0 radical (unpaired) electrons. The van der Waals surface area contributed by atoms with E-state index in [2.05, 4.69) is 9.71 Å². The Morgan fingerprint density at radius 2 is 1.85 bits per heavy atom. The molecular weight excluding hydrogens is 457 g/mol. The SMILES string of the molecule is COc1cc(C(F)(F)F)ccc1C1CCOc2cc(S(=O)(=O)Nc3cccc(C)n3)ccc21. The number of rotatable bonds is 5. The molecule has 1 unspecified atom stereocenters. The van der Waals surface area contributed by atoms with E-state index < -0.39 is 21.8 Å². The van der Waals surface area contributed by atoms with E-state index in [0.717, 1.165) is 12.1 Å². The van der Waals surface area contributed by atoms with Crippen molar-refractivity contribution >= 4 is 15.8 Å². The lowest BCUT2D eigenvalue weighted by atomic mass is 9.85. The van der Waals surface area contributed by atoms with Crippen molar-refractivity contribution in [2.45, 2.75) is 30.3 Å². The van der Waals surface area contributed by atoms with Crippen molar-refractivity contribution in [2.24, 2.45) is 0 Å². The van der Waals surface area contributed by atoms with Crippen molar-refractivity contribution in [3.05, 3.63) is 77.0 Å². The minimum atomic E-state index is -4.48. The molecule has 0 fully saturated rings. The van der Waals surface area contributed by atoms with Gasteiger partial charge in [0.15, 0.2) is 0 Å². The van der Waals surface area contributed by atoms with Crippen LogP contribution in [0.4, 0.5) is 19.0 Å². The lowest BCUT2D eigenvalue weighted by Crippen LogP contribution is -2.18. The van der Waals surface area contributed by atoms with Crippen molar-refractivity contribution in [3.8, 4) is 11.5 Å². The Kier molecular flexibility index (Phi) is 5.96. The summed E-state index contributed by atoms with van der Waals surface area (Å²) < 4.78 is 78.4. The van der Waals surface area contributed by atoms with Crippen LogP contribution < -0.4 is 14.2 Å². The molecule has 0 aliphatic carbocycles. The number of nitrogens with zero attached hydrogens (tertiary/aromatic N) is 1. The van der Waals surface area contributed by atoms with Crippen LogP contribution in [-0.2, 0) is 16.2 Å². The molecule has 0 bridgehead atoms. The lowest BCUT2D eigenvalue weighted by Gasteiger charge is -2.28. The van der Waals surface area contributed by atoms with Gasteiger partial charge in [0.05, 0.1) is 24.2 Å². The molecule has 0 amide bonds. The zero-order valence-electron chi connectivity index (χ0n) is 17.8. The summed E-state index contributed by atoms with van der Waals surface area (Å²) in [5.74, 6) is 0.356. The first-order valence-electron chi connectivity index (χ1n) is 10.1. The first-order chi connectivity index (χ1) is 15.6. The largest absolute Gasteiger partial charge is 0.496 e. The average Bonchev–Trinajstić information content (AvgIpc) is 2.77. The minimum absolute atomic E-state index is 0.00964. The van der Waals surface area contributed by atoms with Gasteiger partial charge in [0.1, 0.15) is 17.3 Å². The Morgan fingerprint density at radius 1 is 1.09 bits per heavy atom. The topological polar surface area (TPSA) is 77.5 Å². The van der Waals surface area contributed by atoms with Crippen LogP contribution >= 0.6 is 0 Å². The Hall–Kier alpha value is -3.27. The van der Waals surface area contributed by atoms with Crippen LogP contribution in [0.5, 0.6) is 11.5 Å². The number of ether oxygens (including phenoxy) is 2. The van der Waals surface area contributed by atoms with E-state index in [-0.39, 0.29) is 29.0 Å². The molecule has 33 heavy (non-hydrogen) atoms. The summed E-state index contributed by atoms with van der Waals surface area (Å²) in [5, 5.41) is 0. The number of halogens is 3. The number of sulfonamides is 1. The van der Waals surface area contributed by atoms with Gasteiger partial charge in [0.2, 0.25) is 0 Å². The van der Waals surface area contributed by atoms with Gasteiger partial charge in [0, 0.05) is 28.8 Å². The van der Waals surface area contributed by atoms with Gasteiger partial charge in [-0.15, -0.1) is 0 Å². The molecule has 174 valence electrons. The second kappa shape index (κ2) is 8.58. The fourth-order valence-corrected chi connectivity index (χ4v) is 4.85. The second-order valence-corrected chi connectivity index (χ2v) is 9.30. The van der Waals surface area contributed by atoms with E-state index in [1.54, 1.807) is 31.2 Å². The third-order valence-corrected chi connectivity index (χ3v) is 6.75. The van der Waals surface area contributed by atoms with Crippen molar-refractivity contribution in [2.75, 3.05) is 18.4 Å². The number of aromatic nitrogens is 1. The van der Waals surface area contributed by atoms with Gasteiger partial charge in [-0.25, -0.2) is 13.4 Å². The molecule has 1 N–H and O–H groups in total. The Balaban J connectivity index is 1.68. The number of pyridine rings is 1. The first kappa shape index (κ1) is 22.9.